The monoisotopic (exact) mass is 340 g/mol. The van der Waals surface area contributed by atoms with Gasteiger partial charge in [-0.2, -0.15) is 0 Å². The topological polar surface area (TPSA) is 74.8 Å². The fraction of sp³-hybridized carbons (Fsp3) is 0.300. The molecule has 1 atom stereocenters. The van der Waals surface area contributed by atoms with E-state index in [1.165, 1.54) is 5.56 Å². The highest BCUT2D eigenvalue weighted by atomic mass is 16.2. The molecule has 0 aliphatic carbocycles. The Morgan fingerprint density at radius 3 is 2.16 bits per heavy atom. The second-order valence-corrected chi connectivity index (χ2v) is 6.42. The van der Waals surface area contributed by atoms with Crippen LogP contribution in [0.15, 0.2) is 54.6 Å². The van der Waals surface area contributed by atoms with E-state index in [-0.39, 0.29) is 24.5 Å². The van der Waals surface area contributed by atoms with Crippen LogP contribution in [0.25, 0.3) is 0 Å². The first-order valence-corrected chi connectivity index (χ1v) is 8.51. The zero-order chi connectivity index (χ0) is 18.2. The van der Waals surface area contributed by atoms with Crippen LogP contribution in [-0.4, -0.2) is 24.5 Å². The molecule has 0 spiro atoms. The Morgan fingerprint density at radius 2 is 1.56 bits per heavy atom. The molecule has 0 bridgehead atoms. The number of rotatable bonds is 6. The number of nitrogens with two attached hydrogens (primary N) is 1. The number of quaternary nitrogens is 1. The van der Waals surface area contributed by atoms with E-state index in [1.807, 2.05) is 56.4 Å². The molecule has 0 aliphatic rings. The van der Waals surface area contributed by atoms with Gasteiger partial charge in [-0.1, -0.05) is 60.2 Å². The summed E-state index contributed by atoms with van der Waals surface area (Å²) in [6, 6.07) is 17.8. The van der Waals surface area contributed by atoms with E-state index in [2.05, 4.69) is 34.9 Å². The smallest absolute Gasteiger partial charge is 0.321 e. The molecule has 132 valence electrons. The van der Waals surface area contributed by atoms with Gasteiger partial charge in [0, 0.05) is 17.2 Å². The summed E-state index contributed by atoms with van der Waals surface area (Å²) < 4.78 is 0. The summed E-state index contributed by atoms with van der Waals surface area (Å²) in [6.45, 7) is 5.91. The number of nitrogens with one attached hydrogen (secondary N) is 2. The Labute approximate surface area is 148 Å². The highest BCUT2D eigenvalue weighted by Gasteiger charge is 2.19. The number of urea groups is 1. The Morgan fingerprint density at radius 1 is 0.960 bits per heavy atom. The summed E-state index contributed by atoms with van der Waals surface area (Å²) in [5.41, 5.74) is 3.43. The van der Waals surface area contributed by atoms with Crippen LogP contribution in [0.1, 0.15) is 36.6 Å². The Kier molecular flexibility index (Phi) is 6.71. The van der Waals surface area contributed by atoms with Crippen LogP contribution in [-0.2, 0) is 4.79 Å². The molecule has 0 radical (unpaired) electrons. The normalized spacial score (nSPS) is 11.8. The number of hydrogen-bond donors (Lipinski definition) is 3. The lowest BCUT2D eigenvalue weighted by Gasteiger charge is -2.17. The minimum absolute atomic E-state index is 0.000657. The molecule has 0 aliphatic heterocycles. The van der Waals surface area contributed by atoms with Crippen molar-refractivity contribution in [3.63, 3.8) is 0 Å². The Balaban J connectivity index is 2.05. The van der Waals surface area contributed by atoms with Crippen molar-refractivity contribution in [2.75, 3.05) is 6.54 Å². The van der Waals surface area contributed by atoms with Gasteiger partial charge in [-0.15, -0.1) is 0 Å². The van der Waals surface area contributed by atoms with E-state index in [9.17, 15) is 9.59 Å². The number of carbonyl (C=O) groups is 2. The molecular formula is C20H26N3O2+. The van der Waals surface area contributed by atoms with Gasteiger partial charge in [-0.25, -0.2) is 4.79 Å². The molecule has 5 heteroatoms. The SMILES string of the molecule is Cc1ccc([C@@H]([NH2+]CC(=O)NC(=O)NC(C)C)c2ccccc2)cc1. The fourth-order valence-electron chi connectivity index (χ4n) is 2.60. The summed E-state index contributed by atoms with van der Waals surface area (Å²) in [4.78, 5) is 23.7. The van der Waals surface area contributed by atoms with Crippen LogP contribution >= 0.6 is 0 Å². The van der Waals surface area contributed by atoms with Gasteiger partial charge in [-0.05, 0) is 20.8 Å². The van der Waals surface area contributed by atoms with Crippen LogP contribution in [0.3, 0.4) is 0 Å². The van der Waals surface area contributed by atoms with Crippen molar-refractivity contribution in [2.24, 2.45) is 0 Å². The molecule has 3 amide bonds. The van der Waals surface area contributed by atoms with E-state index >= 15 is 0 Å². The third kappa shape index (κ3) is 6.04. The molecular weight excluding hydrogens is 314 g/mol. The number of aryl methyl sites for hydroxylation is 1. The van der Waals surface area contributed by atoms with E-state index < -0.39 is 6.03 Å². The fourth-order valence-corrected chi connectivity index (χ4v) is 2.60. The molecule has 2 rings (SSSR count). The molecule has 4 N–H and O–H groups in total. The summed E-state index contributed by atoms with van der Waals surface area (Å²) in [5, 5.41) is 6.95. The van der Waals surface area contributed by atoms with Gasteiger partial charge in [0.2, 0.25) is 0 Å². The maximum absolute atomic E-state index is 12.1. The maximum Gasteiger partial charge on any atom is 0.321 e. The average Bonchev–Trinajstić information content (AvgIpc) is 2.56. The molecule has 25 heavy (non-hydrogen) atoms. The van der Waals surface area contributed by atoms with Crippen molar-refractivity contribution < 1.29 is 14.9 Å². The van der Waals surface area contributed by atoms with Crippen molar-refractivity contribution in [1.82, 2.24) is 10.6 Å². The van der Waals surface area contributed by atoms with Gasteiger partial charge in [0.15, 0.2) is 6.54 Å². The molecule has 2 aromatic rings. The first kappa shape index (κ1) is 18.7. The maximum atomic E-state index is 12.1. The minimum atomic E-state index is -0.458. The lowest BCUT2D eigenvalue weighted by Crippen LogP contribution is -2.88. The second kappa shape index (κ2) is 8.99. The highest BCUT2D eigenvalue weighted by Crippen LogP contribution is 2.18. The van der Waals surface area contributed by atoms with Crippen LogP contribution < -0.4 is 16.0 Å². The number of hydrogen-bond acceptors (Lipinski definition) is 2. The third-order valence-corrected chi connectivity index (χ3v) is 3.81. The first-order valence-electron chi connectivity index (χ1n) is 8.51. The zero-order valence-electron chi connectivity index (χ0n) is 15.0. The van der Waals surface area contributed by atoms with Crippen molar-refractivity contribution >= 4 is 11.9 Å². The van der Waals surface area contributed by atoms with Crippen LogP contribution in [0.5, 0.6) is 0 Å². The predicted molar refractivity (Wildman–Crippen MR) is 98.1 cm³/mol. The number of amides is 3. The van der Waals surface area contributed by atoms with Gasteiger partial charge in [0.05, 0.1) is 0 Å². The lowest BCUT2D eigenvalue weighted by atomic mass is 9.98. The first-order chi connectivity index (χ1) is 12.0. The van der Waals surface area contributed by atoms with Crippen molar-refractivity contribution in [2.45, 2.75) is 32.9 Å². The van der Waals surface area contributed by atoms with Gasteiger partial charge < -0.3 is 10.6 Å². The highest BCUT2D eigenvalue weighted by molar-refractivity contribution is 5.94. The molecule has 5 nitrogen and oxygen atoms in total. The molecule has 0 saturated heterocycles. The minimum Gasteiger partial charge on any atom is -0.336 e. The molecule has 0 saturated carbocycles. The summed E-state index contributed by atoms with van der Waals surface area (Å²) in [6.07, 6.45) is 0. The standard InChI is InChI=1S/C20H25N3O2/c1-14(2)22-20(25)23-18(24)13-21-19(16-7-5-4-6-8-16)17-11-9-15(3)10-12-17/h4-12,14,19,21H,13H2,1-3H3,(H2,22,23,24,25)/p+1/t19-/m0/s1. The summed E-state index contributed by atoms with van der Waals surface area (Å²) >= 11 is 0. The van der Waals surface area contributed by atoms with Crippen molar-refractivity contribution in [3.05, 3.63) is 71.3 Å². The van der Waals surface area contributed by atoms with Gasteiger partial charge in [0.1, 0.15) is 6.04 Å². The van der Waals surface area contributed by atoms with E-state index in [4.69, 9.17) is 0 Å². The summed E-state index contributed by atoms with van der Waals surface area (Å²) in [5.74, 6) is -0.314. The Hall–Kier alpha value is -2.66. The number of carbonyl (C=O) groups excluding carboxylic acids is 2. The van der Waals surface area contributed by atoms with Crippen LogP contribution in [0, 0.1) is 6.92 Å². The Bertz CT molecular complexity index is 697. The average molecular weight is 340 g/mol. The number of benzene rings is 2. The van der Waals surface area contributed by atoms with Gasteiger partial charge in [-0.3, -0.25) is 10.1 Å². The van der Waals surface area contributed by atoms with E-state index in [0.29, 0.717) is 0 Å². The van der Waals surface area contributed by atoms with E-state index in [1.54, 1.807) is 0 Å². The number of imide groups is 1. The molecule has 0 heterocycles. The quantitative estimate of drug-likeness (QED) is 0.751. The van der Waals surface area contributed by atoms with Crippen molar-refractivity contribution in [3.8, 4) is 0 Å². The van der Waals surface area contributed by atoms with Crippen LogP contribution in [0.4, 0.5) is 4.79 Å². The second-order valence-electron chi connectivity index (χ2n) is 6.42. The molecule has 0 fully saturated rings. The molecule has 0 unspecified atom stereocenters. The third-order valence-electron chi connectivity index (χ3n) is 3.81. The summed E-state index contributed by atoms with van der Waals surface area (Å²) in [7, 11) is 0. The van der Waals surface area contributed by atoms with Gasteiger partial charge in [0.25, 0.3) is 5.91 Å². The van der Waals surface area contributed by atoms with Crippen LogP contribution in [0.2, 0.25) is 0 Å². The zero-order valence-corrected chi connectivity index (χ0v) is 15.0. The van der Waals surface area contributed by atoms with Crippen molar-refractivity contribution in [1.29, 1.82) is 0 Å². The van der Waals surface area contributed by atoms with Gasteiger partial charge >= 0.3 is 6.03 Å². The molecule has 0 aromatic heterocycles. The predicted octanol–water partition coefficient (Wildman–Crippen LogP) is 1.88. The lowest BCUT2D eigenvalue weighted by molar-refractivity contribution is -0.676. The van der Waals surface area contributed by atoms with E-state index in [0.717, 1.165) is 11.1 Å². The largest absolute Gasteiger partial charge is 0.336 e. The molecule has 2 aromatic carbocycles.